The first-order chi connectivity index (χ1) is 17.7. The molecule has 0 bridgehead atoms. The number of hydrogen-bond donors (Lipinski definition) is 2. The third kappa shape index (κ3) is 5.67. The van der Waals surface area contributed by atoms with E-state index in [0.29, 0.717) is 23.6 Å². The first-order valence-corrected chi connectivity index (χ1v) is 12.7. The summed E-state index contributed by atoms with van der Waals surface area (Å²) in [5.41, 5.74) is 4.32. The fourth-order valence-corrected chi connectivity index (χ4v) is 5.04. The van der Waals surface area contributed by atoms with Gasteiger partial charge in [0.2, 0.25) is 0 Å². The predicted molar refractivity (Wildman–Crippen MR) is 147 cm³/mol. The van der Waals surface area contributed by atoms with Gasteiger partial charge in [0, 0.05) is 32.9 Å². The number of H-pyrrole nitrogens is 1. The van der Waals surface area contributed by atoms with Crippen molar-refractivity contribution in [1.82, 2.24) is 20.5 Å². The van der Waals surface area contributed by atoms with E-state index in [1.807, 2.05) is 91.0 Å². The number of amides is 1. The Morgan fingerprint density at radius 3 is 2.67 bits per heavy atom. The Kier molecular flexibility index (Phi) is 7.45. The summed E-state index contributed by atoms with van der Waals surface area (Å²) >= 11 is 7.78. The summed E-state index contributed by atoms with van der Waals surface area (Å²) in [7, 11) is 0. The fraction of sp³-hybridized carbons (Fsp3) is 0.0690. The van der Waals surface area contributed by atoms with Gasteiger partial charge in [-0.1, -0.05) is 59.8 Å². The maximum absolute atomic E-state index is 12.9. The van der Waals surface area contributed by atoms with Crippen molar-refractivity contribution in [3.8, 4) is 0 Å². The number of fused-ring (bicyclic) bond motifs is 1. The average molecular weight is 511 g/mol. The van der Waals surface area contributed by atoms with Crippen LogP contribution >= 0.6 is 23.4 Å². The molecule has 5 rings (SSSR count). The highest BCUT2D eigenvalue weighted by Crippen LogP contribution is 2.33. The van der Waals surface area contributed by atoms with Gasteiger partial charge in [-0.2, -0.15) is 5.10 Å². The lowest BCUT2D eigenvalue weighted by Crippen LogP contribution is -2.26. The molecular formula is C29H23ClN4OS. The topological polar surface area (TPSA) is 70.7 Å². The lowest BCUT2D eigenvalue weighted by Gasteiger charge is -2.10. The van der Waals surface area contributed by atoms with Gasteiger partial charge in [-0.15, -0.1) is 0 Å². The Labute approximate surface area is 218 Å². The lowest BCUT2D eigenvalue weighted by atomic mass is 10.1. The first-order valence-electron chi connectivity index (χ1n) is 11.5. The van der Waals surface area contributed by atoms with Crippen LogP contribution in [0.4, 0.5) is 0 Å². The zero-order chi connectivity index (χ0) is 24.7. The molecule has 1 amide bonds. The van der Waals surface area contributed by atoms with E-state index in [4.69, 9.17) is 11.6 Å². The van der Waals surface area contributed by atoms with Crippen LogP contribution in [0.1, 0.15) is 27.3 Å². The van der Waals surface area contributed by atoms with Crippen LogP contribution in [0.5, 0.6) is 0 Å². The lowest BCUT2D eigenvalue weighted by molar-refractivity contribution is 0.0951. The molecule has 0 saturated heterocycles. The van der Waals surface area contributed by atoms with Gasteiger partial charge in [0.05, 0.1) is 22.5 Å². The van der Waals surface area contributed by atoms with Gasteiger partial charge in [0.25, 0.3) is 5.91 Å². The van der Waals surface area contributed by atoms with Crippen molar-refractivity contribution in [1.29, 1.82) is 0 Å². The van der Waals surface area contributed by atoms with Crippen LogP contribution in [0.2, 0.25) is 5.02 Å². The van der Waals surface area contributed by atoms with Crippen molar-refractivity contribution < 1.29 is 4.79 Å². The Morgan fingerprint density at radius 2 is 1.81 bits per heavy atom. The number of pyridine rings is 1. The molecule has 2 heterocycles. The minimum atomic E-state index is -0.102. The second kappa shape index (κ2) is 11.2. The van der Waals surface area contributed by atoms with Crippen molar-refractivity contribution >= 4 is 52.3 Å². The molecule has 7 heteroatoms. The molecule has 0 unspecified atom stereocenters. The molecule has 0 aliphatic carbocycles. The molecule has 0 spiro atoms. The molecule has 0 saturated carbocycles. The smallest absolute Gasteiger partial charge is 0.252 e. The van der Waals surface area contributed by atoms with Gasteiger partial charge in [-0.05, 0) is 72.7 Å². The molecule has 0 radical (unpaired) electrons. The van der Waals surface area contributed by atoms with E-state index in [1.54, 1.807) is 18.0 Å². The molecule has 0 aliphatic heterocycles. The summed E-state index contributed by atoms with van der Waals surface area (Å²) < 4.78 is 0. The number of aromatic amines is 1. The number of rotatable bonds is 8. The molecule has 5 aromatic rings. The number of halogens is 1. The molecule has 2 aromatic heterocycles. The zero-order valence-corrected chi connectivity index (χ0v) is 20.9. The van der Waals surface area contributed by atoms with Crippen molar-refractivity contribution in [2.24, 2.45) is 0 Å². The van der Waals surface area contributed by atoms with Crippen LogP contribution in [0.15, 0.2) is 101 Å². The van der Waals surface area contributed by atoms with Gasteiger partial charge < -0.3 is 5.32 Å². The van der Waals surface area contributed by atoms with Gasteiger partial charge in [0.1, 0.15) is 0 Å². The Morgan fingerprint density at radius 1 is 0.972 bits per heavy atom. The Hall–Kier alpha value is -3.87. The summed E-state index contributed by atoms with van der Waals surface area (Å²) in [6.45, 7) is 0.510. The van der Waals surface area contributed by atoms with Crippen molar-refractivity contribution in [2.45, 2.75) is 16.2 Å². The van der Waals surface area contributed by atoms with Gasteiger partial charge in [0.15, 0.2) is 0 Å². The number of hydrogen-bond acceptors (Lipinski definition) is 4. The van der Waals surface area contributed by atoms with E-state index in [-0.39, 0.29) is 5.91 Å². The molecular weight excluding hydrogens is 488 g/mol. The van der Waals surface area contributed by atoms with E-state index < -0.39 is 0 Å². The summed E-state index contributed by atoms with van der Waals surface area (Å²) in [6.07, 6.45) is 6.34. The average Bonchev–Trinajstić information content (AvgIpc) is 3.31. The quantitative estimate of drug-likeness (QED) is 0.238. The highest BCUT2D eigenvalue weighted by atomic mass is 35.5. The molecule has 0 atom stereocenters. The normalized spacial score (nSPS) is 11.2. The molecule has 0 fully saturated rings. The molecule has 0 aliphatic rings. The minimum absolute atomic E-state index is 0.102. The molecule has 2 N–H and O–H groups in total. The maximum atomic E-state index is 12.9. The largest absolute Gasteiger partial charge is 0.352 e. The summed E-state index contributed by atoms with van der Waals surface area (Å²) in [6, 6.07) is 27.3. The predicted octanol–water partition coefficient (Wildman–Crippen LogP) is 6.91. The molecule has 178 valence electrons. The summed E-state index contributed by atoms with van der Waals surface area (Å²) in [4.78, 5) is 19.2. The number of carbonyl (C=O) groups is 1. The SMILES string of the molecule is O=C(NCCc1ccccc1Cl)c1ccccc1Sc1ccc2c(/C=C/c3ccccn3)n[nH]c2c1. The summed E-state index contributed by atoms with van der Waals surface area (Å²) in [5.74, 6) is -0.102. The fourth-order valence-electron chi connectivity index (χ4n) is 3.83. The number of nitrogens with zero attached hydrogens (tertiary/aromatic N) is 2. The van der Waals surface area contributed by atoms with Crippen LogP contribution < -0.4 is 5.32 Å². The van der Waals surface area contributed by atoms with Gasteiger partial charge in [-0.25, -0.2) is 0 Å². The van der Waals surface area contributed by atoms with Crippen LogP contribution in [-0.4, -0.2) is 27.6 Å². The number of carbonyl (C=O) groups excluding carboxylic acids is 1. The van der Waals surface area contributed by atoms with Crippen molar-refractivity contribution in [3.05, 3.63) is 119 Å². The third-order valence-corrected chi connectivity index (χ3v) is 7.10. The van der Waals surface area contributed by atoms with E-state index >= 15 is 0 Å². The monoisotopic (exact) mass is 510 g/mol. The maximum Gasteiger partial charge on any atom is 0.252 e. The Bertz CT molecular complexity index is 1530. The molecule has 5 nitrogen and oxygen atoms in total. The van der Waals surface area contributed by atoms with Crippen LogP contribution in [-0.2, 0) is 6.42 Å². The van der Waals surface area contributed by atoms with Crippen molar-refractivity contribution in [2.75, 3.05) is 6.54 Å². The van der Waals surface area contributed by atoms with E-state index in [0.717, 1.165) is 37.6 Å². The Balaban J connectivity index is 1.28. The minimum Gasteiger partial charge on any atom is -0.352 e. The van der Waals surface area contributed by atoms with Crippen LogP contribution in [0.25, 0.3) is 23.1 Å². The van der Waals surface area contributed by atoms with E-state index in [2.05, 4.69) is 26.6 Å². The van der Waals surface area contributed by atoms with E-state index in [1.165, 1.54) is 0 Å². The molecule has 36 heavy (non-hydrogen) atoms. The van der Waals surface area contributed by atoms with Gasteiger partial charge in [-0.3, -0.25) is 14.9 Å². The second-order valence-corrected chi connectivity index (χ2v) is 9.62. The highest BCUT2D eigenvalue weighted by Gasteiger charge is 2.13. The summed E-state index contributed by atoms with van der Waals surface area (Å²) in [5, 5.41) is 12.3. The zero-order valence-electron chi connectivity index (χ0n) is 19.3. The number of benzene rings is 3. The standard InChI is InChI=1S/C29H23ClN4OS/c30-25-10-3-1-7-20(25)16-18-32-29(35)24-9-2-4-11-28(24)36-22-13-14-23-26(33-34-27(23)19-22)15-12-21-8-5-6-17-31-21/h1-15,17,19H,16,18H2,(H,32,35)(H,33,34)/b15-12+. The third-order valence-electron chi connectivity index (χ3n) is 5.66. The second-order valence-electron chi connectivity index (χ2n) is 8.10. The van der Waals surface area contributed by atoms with Crippen molar-refractivity contribution in [3.63, 3.8) is 0 Å². The number of nitrogens with one attached hydrogen (secondary N) is 2. The van der Waals surface area contributed by atoms with Gasteiger partial charge >= 0.3 is 0 Å². The first kappa shape index (κ1) is 23.9. The van der Waals surface area contributed by atoms with E-state index in [9.17, 15) is 4.79 Å². The number of aromatic nitrogens is 3. The molecule has 3 aromatic carbocycles. The highest BCUT2D eigenvalue weighted by molar-refractivity contribution is 7.99. The van der Waals surface area contributed by atoms with Crippen LogP contribution in [0, 0.1) is 0 Å². The van der Waals surface area contributed by atoms with Crippen LogP contribution in [0.3, 0.4) is 0 Å².